The van der Waals surface area contributed by atoms with Crippen molar-refractivity contribution in [1.82, 2.24) is 0 Å². The van der Waals surface area contributed by atoms with Gasteiger partial charge in [0, 0.05) is 6.08 Å². The van der Waals surface area contributed by atoms with E-state index in [2.05, 4.69) is 12.2 Å². The van der Waals surface area contributed by atoms with E-state index in [0.29, 0.717) is 23.8 Å². The van der Waals surface area contributed by atoms with Crippen LogP contribution in [0.25, 0.3) is 6.08 Å². The molecule has 0 unspecified atom stereocenters. The number of benzene rings is 2. The summed E-state index contributed by atoms with van der Waals surface area (Å²) in [5.41, 5.74) is 2.54. The van der Waals surface area contributed by atoms with Crippen molar-refractivity contribution >= 4 is 17.7 Å². The fourth-order valence-corrected chi connectivity index (χ4v) is 2.88. The van der Waals surface area contributed by atoms with Gasteiger partial charge in [-0.1, -0.05) is 38.3 Å². The lowest BCUT2D eigenvalue weighted by Gasteiger charge is -2.11. The first-order chi connectivity index (χ1) is 14.1. The maximum Gasteiger partial charge on any atom is 0.248 e. The Morgan fingerprint density at radius 3 is 2.45 bits per heavy atom. The molecule has 5 nitrogen and oxygen atoms in total. The number of unbranched alkanes of at least 4 members (excludes halogenated alkanes) is 3. The Labute approximate surface area is 173 Å². The number of carbonyl (C=O) groups is 1. The summed E-state index contributed by atoms with van der Waals surface area (Å²) in [5, 5.41) is 2.85. The average molecular weight is 398 g/mol. The maximum absolute atomic E-state index is 12.3. The van der Waals surface area contributed by atoms with Crippen LogP contribution in [0, 0.1) is 6.92 Å². The minimum absolute atomic E-state index is 0.232. The zero-order valence-electron chi connectivity index (χ0n) is 17.8. The number of methoxy groups -OCH3 is 2. The van der Waals surface area contributed by atoms with E-state index in [4.69, 9.17) is 14.2 Å². The van der Waals surface area contributed by atoms with E-state index < -0.39 is 0 Å². The molecule has 0 aromatic heterocycles. The van der Waals surface area contributed by atoms with Gasteiger partial charge in [-0.15, -0.1) is 0 Å². The highest BCUT2D eigenvalue weighted by atomic mass is 16.5. The standard InChI is InChI=1S/C24H31NO4/c1-5-6-7-8-15-29-22-13-10-19(17-23(22)28-4)11-14-24(26)25-20-16-18(2)9-12-21(20)27-3/h9-14,16-17H,5-8,15H2,1-4H3,(H,25,26)/b14-11+. The van der Waals surface area contributed by atoms with Crippen molar-refractivity contribution in [3.8, 4) is 17.2 Å². The van der Waals surface area contributed by atoms with Gasteiger partial charge in [0.2, 0.25) is 5.91 Å². The smallest absolute Gasteiger partial charge is 0.248 e. The second-order valence-electron chi connectivity index (χ2n) is 6.85. The Morgan fingerprint density at radius 1 is 0.966 bits per heavy atom. The van der Waals surface area contributed by atoms with Gasteiger partial charge in [0.05, 0.1) is 26.5 Å². The third kappa shape index (κ3) is 7.18. The van der Waals surface area contributed by atoms with Crippen LogP contribution in [0.3, 0.4) is 0 Å². The van der Waals surface area contributed by atoms with E-state index in [9.17, 15) is 4.79 Å². The van der Waals surface area contributed by atoms with Gasteiger partial charge in [0.1, 0.15) is 5.75 Å². The van der Waals surface area contributed by atoms with Crippen LogP contribution >= 0.6 is 0 Å². The highest BCUT2D eigenvalue weighted by Gasteiger charge is 2.07. The van der Waals surface area contributed by atoms with Gasteiger partial charge in [-0.05, 0) is 54.8 Å². The Kier molecular flexibility index (Phi) is 9.09. The van der Waals surface area contributed by atoms with E-state index in [1.807, 2.05) is 43.3 Å². The van der Waals surface area contributed by atoms with Crippen molar-refractivity contribution in [1.29, 1.82) is 0 Å². The van der Waals surface area contributed by atoms with Gasteiger partial charge < -0.3 is 19.5 Å². The maximum atomic E-state index is 12.3. The lowest BCUT2D eigenvalue weighted by molar-refractivity contribution is -0.111. The summed E-state index contributed by atoms with van der Waals surface area (Å²) in [6, 6.07) is 11.3. The average Bonchev–Trinajstić information content (AvgIpc) is 2.72. The van der Waals surface area contributed by atoms with Crippen molar-refractivity contribution < 1.29 is 19.0 Å². The fourth-order valence-electron chi connectivity index (χ4n) is 2.88. The monoisotopic (exact) mass is 397 g/mol. The molecule has 2 aromatic carbocycles. The van der Waals surface area contributed by atoms with Crippen molar-refractivity contribution in [2.24, 2.45) is 0 Å². The minimum atomic E-state index is -0.232. The molecule has 0 saturated carbocycles. The number of aryl methyl sites for hydroxylation is 1. The van der Waals surface area contributed by atoms with Crippen LogP contribution in [0.5, 0.6) is 17.2 Å². The molecule has 2 rings (SSSR count). The molecule has 0 saturated heterocycles. The molecule has 5 heteroatoms. The topological polar surface area (TPSA) is 56.8 Å². The Morgan fingerprint density at radius 2 is 1.72 bits per heavy atom. The summed E-state index contributed by atoms with van der Waals surface area (Å²) in [7, 11) is 3.19. The molecule has 0 spiro atoms. The minimum Gasteiger partial charge on any atom is -0.495 e. The fraction of sp³-hybridized carbons (Fsp3) is 0.375. The van der Waals surface area contributed by atoms with E-state index in [0.717, 1.165) is 23.3 Å². The van der Waals surface area contributed by atoms with Gasteiger partial charge >= 0.3 is 0 Å². The summed E-state index contributed by atoms with van der Waals surface area (Å²) < 4.78 is 16.6. The van der Waals surface area contributed by atoms with Crippen molar-refractivity contribution in [2.45, 2.75) is 39.5 Å². The van der Waals surface area contributed by atoms with Crippen molar-refractivity contribution in [2.75, 3.05) is 26.1 Å². The molecule has 0 radical (unpaired) electrons. The highest BCUT2D eigenvalue weighted by Crippen LogP contribution is 2.29. The van der Waals surface area contributed by atoms with E-state index in [1.165, 1.54) is 25.3 Å². The SMILES string of the molecule is CCCCCCOc1ccc(/C=C/C(=O)Nc2cc(C)ccc2OC)cc1OC. The molecule has 0 heterocycles. The third-order valence-corrected chi connectivity index (χ3v) is 4.48. The molecule has 2 aromatic rings. The lowest BCUT2D eigenvalue weighted by Crippen LogP contribution is -2.09. The second-order valence-corrected chi connectivity index (χ2v) is 6.85. The molecular weight excluding hydrogens is 366 g/mol. The molecule has 0 atom stereocenters. The first-order valence-electron chi connectivity index (χ1n) is 10.0. The summed E-state index contributed by atoms with van der Waals surface area (Å²) in [4.78, 5) is 12.3. The first kappa shape index (κ1) is 22.3. The summed E-state index contributed by atoms with van der Waals surface area (Å²) in [5.74, 6) is 1.77. The zero-order valence-corrected chi connectivity index (χ0v) is 17.8. The van der Waals surface area contributed by atoms with E-state index in [-0.39, 0.29) is 5.91 Å². The van der Waals surface area contributed by atoms with Gasteiger partial charge in [-0.3, -0.25) is 4.79 Å². The molecule has 0 aliphatic rings. The number of ether oxygens (including phenoxy) is 3. The number of anilines is 1. The number of amides is 1. The van der Waals surface area contributed by atoms with Crippen LogP contribution in [-0.2, 0) is 4.79 Å². The van der Waals surface area contributed by atoms with Gasteiger partial charge in [0.15, 0.2) is 11.5 Å². The van der Waals surface area contributed by atoms with Crippen molar-refractivity contribution in [3.05, 3.63) is 53.6 Å². The second kappa shape index (κ2) is 11.8. The molecular formula is C24H31NO4. The third-order valence-electron chi connectivity index (χ3n) is 4.48. The first-order valence-corrected chi connectivity index (χ1v) is 10.0. The summed E-state index contributed by atoms with van der Waals surface area (Å²) in [6.45, 7) is 4.82. The number of hydrogen-bond acceptors (Lipinski definition) is 4. The quantitative estimate of drug-likeness (QED) is 0.395. The van der Waals surface area contributed by atoms with Gasteiger partial charge in [-0.2, -0.15) is 0 Å². The molecule has 29 heavy (non-hydrogen) atoms. The van der Waals surface area contributed by atoms with Crippen LogP contribution in [0.4, 0.5) is 5.69 Å². The molecule has 0 fully saturated rings. The van der Waals surface area contributed by atoms with Gasteiger partial charge in [0.25, 0.3) is 0 Å². The zero-order chi connectivity index (χ0) is 21.1. The van der Waals surface area contributed by atoms with Crippen LogP contribution < -0.4 is 19.5 Å². The Balaban J connectivity index is 1.99. The number of carbonyl (C=O) groups excluding carboxylic acids is 1. The predicted octanol–water partition coefficient (Wildman–Crippen LogP) is 5.62. The predicted molar refractivity (Wildman–Crippen MR) is 118 cm³/mol. The largest absolute Gasteiger partial charge is 0.495 e. The number of nitrogens with one attached hydrogen (secondary N) is 1. The molecule has 0 aliphatic heterocycles. The molecule has 1 N–H and O–H groups in total. The van der Waals surface area contributed by atoms with Crippen LogP contribution in [-0.4, -0.2) is 26.7 Å². The summed E-state index contributed by atoms with van der Waals surface area (Å²) in [6.07, 6.45) is 7.85. The van der Waals surface area contributed by atoms with Crippen LogP contribution in [0.1, 0.15) is 43.7 Å². The Bertz CT molecular complexity index is 830. The van der Waals surface area contributed by atoms with Gasteiger partial charge in [-0.25, -0.2) is 0 Å². The molecule has 156 valence electrons. The highest BCUT2D eigenvalue weighted by molar-refractivity contribution is 6.02. The van der Waals surface area contributed by atoms with Crippen LogP contribution in [0.2, 0.25) is 0 Å². The lowest BCUT2D eigenvalue weighted by atomic mass is 10.1. The van der Waals surface area contributed by atoms with E-state index in [1.54, 1.807) is 20.3 Å². The van der Waals surface area contributed by atoms with Crippen LogP contribution in [0.15, 0.2) is 42.5 Å². The molecule has 0 aliphatic carbocycles. The normalized spacial score (nSPS) is 10.8. The number of rotatable bonds is 11. The van der Waals surface area contributed by atoms with E-state index >= 15 is 0 Å². The number of hydrogen-bond donors (Lipinski definition) is 1. The molecule has 1 amide bonds. The Hall–Kier alpha value is -2.95. The van der Waals surface area contributed by atoms with Crippen molar-refractivity contribution in [3.63, 3.8) is 0 Å². The molecule has 0 bridgehead atoms. The summed E-state index contributed by atoms with van der Waals surface area (Å²) >= 11 is 0.